The van der Waals surface area contributed by atoms with Crippen molar-refractivity contribution in [2.45, 2.75) is 57.7 Å². The first-order valence-corrected chi connectivity index (χ1v) is 8.46. The van der Waals surface area contributed by atoms with Crippen LogP contribution in [0.15, 0.2) is 0 Å². The van der Waals surface area contributed by atoms with E-state index in [1.54, 1.807) is 0 Å². The second-order valence-electron chi connectivity index (χ2n) is 7.40. The normalized spacial score (nSPS) is 36.5. The molecular formula is C16H25F3N2O. The molecule has 2 aliphatic carbocycles. The molecule has 2 amide bonds. The molecule has 2 bridgehead atoms. The summed E-state index contributed by atoms with van der Waals surface area (Å²) in [6.07, 6.45) is 1.35. The van der Waals surface area contributed by atoms with Crippen LogP contribution in [0.3, 0.4) is 0 Å². The number of hydrogen-bond acceptors (Lipinski definition) is 1. The van der Waals surface area contributed by atoms with Gasteiger partial charge in [-0.1, -0.05) is 6.42 Å². The highest BCUT2D eigenvalue weighted by Gasteiger charge is 2.44. The molecular weight excluding hydrogens is 293 g/mol. The molecule has 22 heavy (non-hydrogen) atoms. The van der Waals surface area contributed by atoms with Crippen LogP contribution in [-0.2, 0) is 0 Å². The third kappa shape index (κ3) is 3.20. The van der Waals surface area contributed by atoms with Gasteiger partial charge in [0.15, 0.2) is 0 Å². The SMILES string of the molecule is C[C@H](NC(=O)N1CCC[C@H](C(F)(F)F)C1)[C@@H]1C[C@H]2CC[C@H]1C2. The fraction of sp³-hybridized carbons (Fsp3) is 0.938. The van der Waals surface area contributed by atoms with Crippen molar-refractivity contribution in [3.05, 3.63) is 0 Å². The van der Waals surface area contributed by atoms with Gasteiger partial charge in [0.25, 0.3) is 0 Å². The van der Waals surface area contributed by atoms with E-state index in [4.69, 9.17) is 0 Å². The van der Waals surface area contributed by atoms with E-state index in [9.17, 15) is 18.0 Å². The summed E-state index contributed by atoms with van der Waals surface area (Å²) in [6.45, 7) is 2.25. The number of piperidine rings is 1. The molecule has 5 atom stereocenters. The number of likely N-dealkylation sites (tertiary alicyclic amines) is 1. The van der Waals surface area contributed by atoms with Crippen LogP contribution in [0.4, 0.5) is 18.0 Å². The Balaban J connectivity index is 1.53. The van der Waals surface area contributed by atoms with Gasteiger partial charge in [-0.15, -0.1) is 0 Å². The maximum Gasteiger partial charge on any atom is 0.393 e. The summed E-state index contributed by atoms with van der Waals surface area (Å²) in [5.41, 5.74) is 0. The van der Waals surface area contributed by atoms with Crippen molar-refractivity contribution >= 4 is 6.03 Å². The Bertz CT molecular complexity index is 426. The van der Waals surface area contributed by atoms with Crippen LogP contribution in [0, 0.1) is 23.7 Å². The quantitative estimate of drug-likeness (QED) is 0.825. The van der Waals surface area contributed by atoms with Gasteiger partial charge >= 0.3 is 12.2 Å². The lowest BCUT2D eigenvalue weighted by atomic mass is 9.84. The molecule has 0 spiro atoms. The fourth-order valence-electron chi connectivity index (χ4n) is 4.73. The standard InChI is InChI=1S/C16H25F3N2O/c1-10(14-8-11-4-5-12(14)7-11)20-15(22)21-6-2-3-13(9-21)16(17,18)19/h10-14H,2-9H2,1H3,(H,20,22)/t10-,11-,12-,13-,14-/m0/s1. The minimum Gasteiger partial charge on any atom is -0.335 e. The molecule has 1 saturated heterocycles. The number of nitrogens with zero attached hydrogens (tertiary/aromatic N) is 1. The first-order chi connectivity index (χ1) is 10.3. The Morgan fingerprint density at radius 3 is 2.59 bits per heavy atom. The lowest BCUT2D eigenvalue weighted by molar-refractivity contribution is -0.184. The monoisotopic (exact) mass is 318 g/mol. The molecule has 2 saturated carbocycles. The predicted octanol–water partition coefficient (Wildman–Crippen LogP) is 3.80. The largest absolute Gasteiger partial charge is 0.393 e. The third-order valence-electron chi connectivity index (χ3n) is 5.96. The molecule has 3 aliphatic rings. The average Bonchev–Trinajstić information content (AvgIpc) is 3.09. The molecule has 0 aromatic heterocycles. The number of nitrogens with one attached hydrogen (secondary N) is 1. The van der Waals surface area contributed by atoms with Crippen molar-refractivity contribution in [2.24, 2.45) is 23.7 Å². The highest BCUT2D eigenvalue weighted by Crippen LogP contribution is 2.49. The Kier molecular flexibility index (Phi) is 4.29. The topological polar surface area (TPSA) is 32.3 Å². The van der Waals surface area contributed by atoms with E-state index in [1.165, 1.54) is 24.2 Å². The molecule has 3 nitrogen and oxygen atoms in total. The van der Waals surface area contributed by atoms with Crippen LogP contribution in [0.2, 0.25) is 0 Å². The number of urea groups is 1. The zero-order valence-electron chi connectivity index (χ0n) is 13.0. The van der Waals surface area contributed by atoms with E-state index >= 15 is 0 Å². The summed E-state index contributed by atoms with van der Waals surface area (Å²) in [5.74, 6) is 0.638. The molecule has 0 radical (unpaired) electrons. The molecule has 126 valence electrons. The van der Waals surface area contributed by atoms with Gasteiger partial charge in [0, 0.05) is 19.1 Å². The van der Waals surface area contributed by atoms with Crippen LogP contribution in [0.5, 0.6) is 0 Å². The first kappa shape index (κ1) is 15.9. The summed E-state index contributed by atoms with van der Waals surface area (Å²) in [7, 11) is 0. The van der Waals surface area contributed by atoms with E-state index in [0.717, 1.165) is 12.3 Å². The lowest BCUT2D eigenvalue weighted by Crippen LogP contribution is -2.52. The summed E-state index contributed by atoms with van der Waals surface area (Å²) in [4.78, 5) is 13.6. The summed E-state index contributed by atoms with van der Waals surface area (Å²) in [5, 5.41) is 2.97. The molecule has 0 unspecified atom stereocenters. The van der Waals surface area contributed by atoms with E-state index in [0.29, 0.717) is 24.8 Å². The minimum absolute atomic E-state index is 0.0639. The Morgan fingerprint density at radius 1 is 1.23 bits per heavy atom. The number of fused-ring (bicyclic) bond motifs is 2. The van der Waals surface area contributed by atoms with Crippen molar-refractivity contribution in [2.75, 3.05) is 13.1 Å². The van der Waals surface area contributed by atoms with Crippen LogP contribution in [-0.4, -0.2) is 36.2 Å². The summed E-state index contributed by atoms with van der Waals surface area (Å²) < 4.78 is 38.5. The van der Waals surface area contributed by atoms with Gasteiger partial charge in [0.2, 0.25) is 0 Å². The van der Waals surface area contributed by atoms with Crippen LogP contribution in [0.1, 0.15) is 45.4 Å². The average molecular weight is 318 g/mol. The molecule has 1 aliphatic heterocycles. The Hall–Kier alpha value is -0.940. The smallest absolute Gasteiger partial charge is 0.335 e. The van der Waals surface area contributed by atoms with Crippen molar-refractivity contribution in [3.8, 4) is 0 Å². The number of alkyl halides is 3. The summed E-state index contributed by atoms with van der Waals surface area (Å²) in [6, 6.07) is -0.252. The van der Waals surface area contributed by atoms with Gasteiger partial charge in [-0.3, -0.25) is 0 Å². The molecule has 6 heteroatoms. The number of carbonyl (C=O) groups is 1. The number of halogens is 3. The second-order valence-corrected chi connectivity index (χ2v) is 7.40. The van der Waals surface area contributed by atoms with Crippen LogP contribution < -0.4 is 5.32 Å². The maximum atomic E-state index is 12.8. The second kappa shape index (κ2) is 5.93. The van der Waals surface area contributed by atoms with E-state index in [2.05, 4.69) is 5.32 Å². The Labute approximate surface area is 129 Å². The predicted molar refractivity (Wildman–Crippen MR) is 77.3 cm³/mol. The van der Waals surface area contributed by atoms with Gasteiger partial charge in [-0.2, -0.15) is 13.2 Å². The molecule has 0 aromatic carbocycles. The maximum absolute atomic E-state index is 12.8. The summed E-state index contributed by atoms with van der Waals surface area (Å²) >= 11 is 0. The number of carbonyl (C=O) groups excluding carboxylic acids is 1. The first-order valence-electron chi connectivity index (χ1n) is 8.46. The number of amides is 2. The zero-order valence-corrected chi connectivity index (χ0v) is 13.0. The lowest BCUT2D eigenvalue weighted by Gasteiger charge is -2.36. The third-order valence-corrected chi connectivity index (χ3v) is 5.96. The van der Waals surface area contributed by atoms with Gasteiger partial charge in [-0.05, 0) is 56.8 Å². The van der Waals surface area contributed by atoms with Gasteiger partial charge in [-0.25, -0.2) is 4.79 Å². The van der Waals surface area contributed by atoms with Crippen molar-refractivity contribution in [1.82, 2.24) is 10.2 Å². The Morgan fingerprint density at radius 2 is 2.00 bits per heavy atom. The fourth-order valence-corrected chi connectivity index (χ4v) is 4.73. The highest BCUT2D eigenvalue weighted by atomic mass is 19.4. The van der Waals surface area contributed by atoms with E-state index in [1.807, 2.05) is 6.92 Å². The zero-order chi connectivity index (χ0) is 15.9. The van der Waals surface area contributed by atoms with Gasteiger partial charge < -0.3 is 10.2 Å². The van der Waals surface area contributed by atoms with E-state index < -0.39 is 12.1 Å². The van der Waals surface area contributed by atoms with Crippen molar-refractivity contribution in [1.29, 1.82) is 0 Å². The van der Waals surface area contributed by atoms with Crippen LogP contribution in [0.25, 0.3) is 0 Å². The molecule has 1 heterocycles. The molecule has 0 aromatic rings. The minimum atomic E-state index is -4.20. The van der Waals surface area contributed by atoms with Crippen molar-refractivity contribution < 1.29 is 18.0 Å². The van der Waals surface area contributed by atoms with Crippen LogP contribution >= 0.6 is 0 Å². The van der Waals surface area contributed by atoms with E-state index in [-0.39, 0.29) is 25.0 Å². The highest BCUT2D eigenvalue weighted by molar-refractivity contribution is 5.74. The molecule has 3 fully saturated rings. The number of rotatable bonds is 2. The van der Waals surface area contributed by atoms with Gasteiger partial charge in [0.05, 0.1) is 5.92 Å². The molecule has 1 N–H and O–H groups in total. The van der Waals surface area contributed by atoms with Crippen molar-refractivity contribution in [3.63, 3.8) is 0 Å². The molecule has 3 rings (SSSR count). The number of hydrogen-bond donors (Lipinski definition) is 1. The van der Waals surface area contributed by atoms with Gasteiger partial charge in [0.1, 0.15) is 0 Å².